The highest BCUT2D eigenvalue weighted by Gasteiger charge is 2.26. The Kier molecular flexibility index (Phi) is 9.41. The van der Waals surface area contributed by atoms with Crippen LogP contribution in [-0.2, 0) is 24.5 Å². The molecule has 0 amide bonds. The van der Waals surface area contributed by atoms with Crippen LogP contribution in [0.25, 0.3) is 0 Å². The lowest BCUT2D eigenvalue weighted by Gasteiger charge is -2.28. The van der Waals surface area contributed by atoms with Crippen molar-refractivity contribution in [3.8, 4) is 11.5 Å². The minimum absolute atomic E-state index is 0.279. The Labute approximate surface area is 216 Å². The molecule has 0 spiro atoms. The molecule has 0 aliphatic heterocycles. The molecule has 0 N–H and O–H groups in total. The van der Waals surface area contributed by atoms with Gasteiger partial charge in [-0.05, 0) is 49.2 Å². The fourth-order valence-corrected chi connectivity index (χ4v) is 3.50. The molecule has 6 nitrogen and oxygen atoms in total. The highest BCUT2D eigenvalue weighted by Crippen LogP contribution is 2.39. The average Bonchev–Trinajstić information content (AvgIpc) is 2.76. The van der Waals surface area contributed by atoms with Crippen molar-refractivity contribution >= 4 is 35.1 Å². The first-order chi connectivity index (χ1) is 16.2. The summed E-state index contributed by atoms with van der Waals surface area (Å²) in [7, 11) is 0. The molecule has 0 saturated heterocycles. The van der Waals surface area contributed by atoms with Gasteiger partial charge in [0.05, 0.1) is 10.0 Å². The third kappa shape index (κ3) is 7.51. The molecule has 0 radical (unpaired) electrons. The number of halogens is 2. The molecule has 2 rings (SSSR count). The Bertz CT molecular complexity index is 1050. The maximum atomic E-state index is 11.7. The Hall–Kier alpha value is -2.96. The third-order valence-electron chi connectivity index (χ3n) is 5.14. The molecule has 2 unspecified atom stereocenters. The summed E-state index contributed by atoms with van der Waals surface area (Å²) in [6.45, 7) is 17.5. The topological polar surface area (TPSA) is 71.1 Å². The molecule has 8 heteroatoms. The van der Waals surface area contributed by atoms with Gasteiger partial charge in [0.1, 0.15) is 11.5 Å². The molecule has 0 saturated carbocycles. The van der Waals surface area contributed by atoms with Crippen LogP contribution < -0.4 is 9.47 Å². The van der Waals surface area contributed by atoms with Crippen molar-refractivity contribution in [1.29, 1.82) is 0 Å². The maximum absolute atomic E-state index is 11.7. The van der Waals surface area contributed by atoms with Crippen molar-refractivity contribution in [2.45, 2.75) is 59.5 Å². The van der Waals surface area contributed by atoms with Crippen molar-refractivity contribution in [3.63, 3.8) is 0 Å². The van der Waals surface area contributed by atoms with Crippen LogP contribution in [0.15, 0.2) is 60.7 Å². The molecule has 0 aromatic heterocycles. The smallest absolute Gasteiger partial charge is 0.336 e. The summed E-state index contributed by atoms with van der Waals surface area (Å²) in [4.78, 5) is 23.4. The van der Waals surface area contributed by atoms with Gasteiger partial charge in [-0.3, -0.25) is 0 Å². The molecule has 0 aliphatic carbocycles. The summed E-state index contributed by atoms with van der Waals surface area (Å²) in [6.07, 6.45) is -1.67. The largest absolute Gasteiger partial charge is 0.454 e. The van der Waals surface area contributed by atoms with Crippen LogP contribution in [0.4, 0.5) is 0 Å². The molecular weight excluding hydrogens is 491 g/mol. The number of hydrogen-bond donors (Lipinski definition) is 0. The molecule has 2 atom stereocenters. The van der Waals surface area contributed by atoms with Gasteiger partial charge in [0.25, 0.3) is 0 Å². The summed E-state index contributed by atoms with van der Waals surface area (Å²) in [6, 6.07) is 10.8. The number of rotatable bonds is 10. The SMILES string of the molecule is C=C(C)C(=O)OC(C)Oc1ccc(C(C)(C)c2ccc(OC(C)OC(=O)C(=C)C)c(Cl)c2)cc1Cl. The average molecular weight is 521 g/mol. The van der Waals surface area contributed by atoms with Gasteiger partial charge in [0, 0.05) is 30.4 Å². The first kappa shape index (κ1) is 28.3. The van der Waals surface area contributed by atoms with Crippen LogP contribution in [0, 0.1) is 0 Å². The van der Waals surface area contributed by atoms with Crippen LogP contribution >= 0.6 is 23.2 Å². The van der Waals surface area contributed by atoms with E-state index in [1.165, 1.54) is 0 Å². The number of esters is 2. The Morgan fingerprint density at radius 2 is 1.11 bits per heavy atom. The van der Waals surface area contributed by atoms with E-state index in [1.807, 2.05) is 26.0 Å². The van der Waals surface area contributed by atoms with E-state index in [2.05, 4.69) is 13.2 Å². The lowest BCUT2D eigenvalue weighted by molar-refractivity contribution is -0.157. The molecule has 35 heavy (non-hydrogen) atoms. The van der Waals surface area contributed by atoms with E-state index in [1.54, 1.807) is 52.0 Å². The number of hydrogen-bond acceptors (Lipinski definition) is 6. The zero-order valence-corrected chi connectivity index (χ0v) is 22.3. The lowest BCUT2D eigenvalue weighted by atomic mass is 9.78. The Balaban J connectivity index is 2.18. The second-order valence-electron chi connectivity index (χ2n) is 8.66. The molecule has 0 fully saturated rings. The number of carbonyl (C=O) groups is 2. The molecule has 2 aromatic carbocycles. The summed E-state index contributed by atoms with van der Waals surface area (Å²) in [5.74, 6) is -0.320. The van der Waals surface area contributed by atoms with Crippen molar-refractivity contribution in [3.05, 3.63) is 81.9 Å². The zero-order chi connectivity index (χ0) is 26.5. The van der Waals surface area contributed by atoms with Crippen molar-refractivity contribution in [2.75, 3.05) is 0 Å². The minimum atomic E-state index is -0.834. The van der Waals surface area contributed by atoms with Gasteiger partial charge < -0.3 is 18.9 Å². The Morgan fingerprint density at radius 1 is 0.771 bits per heavy atom. The first-order valence-corrected chi connectivity index (χ1v) is 11.6. The lowest BCUT2D eigenvalue weighted by Crippen LogP contribution is -2.22. The van der Waals surface area contributed by atoms with Gasteiger partial charge >= 0.3 is 11.9 Å². The maximum Gasteiger partial charge on any atom is 0.336 e. The van der Waals surface area contributed by atoms with Gasteiger partial charge in [0.2, 0.25) is 12.6 Å². The van der Waals surface area contributed by atoms with Gasteiger partial charge in [-0.25, -0.2) is 9.59 Å². The normalized spacial score (nSPS) is 12.8. The van der Waals surface area contributed by atoms with Crippen LogP contribution in [0.3, 0.4) is 0 Å². The summed E-state index contributed by atoms with van der Waals surface area (Å²) in [5.41, 5.74) is 1.91. The fourth-order valence-electron chi connectivity index (χ4n) is 3.05. The summed E-state index contributed by atoms with van der Waals surface area (Å²) in [5, 5.41) is 0.737. The van der Waals surface area contributed by atoms with E-state index < -0.39 is 29.9 Å². The van der Waals surface area contributed by atoms with Crippen LogP contribution in [0.5, 0.6) is 11.5 Å². The van der Waals surface area contributed by atoms with Crippen molar-refractivity contribution < 1.29 is 28.5 Å². The van der Waals surface area contributed by atoms with Gasteiger partial charge in [0.15, 0.2) is 0 Å². The standard InChI is InChI=1S/C27H30Cl2O6/c1-15(2)25(30)34-17(5)32-23-11-9-19(13-21(23)28)27(7,8)20-10-12-24(22(29)14-20)33-18(6)35-26(31)16(3)4/h9-14,17-18H,1,3H2,2,4-8H3. The van der Waals surface area contributed by atoms with E-state index >= 15 is 0 Å². The first-order valence-electron chi connectivity index (χ1n) is 10.9. The van der Waals surface area contributed by atoms with Gasteiger partial charge in [-0.15, -0.1) is 0 Å². The van der Waals surface area contributed by atoms with Crippen molar-refractivity contribution in [2.24, 2.45) is 0 Å². The molecule has 0 heterocycles. The zero-order valence-electron chi connectivity index (χ0n) is 20.7. The third-order valence-corrected chi connectivity index (χ3v) is 5.73. The van der Waals surface area contributed by atoms with Gasteiger partial charge in [-0.2, -0.15) is 0 Å². The Morgan fingerprint density at radius 3 is 1.40 bits per heavy atom. The summed E-state index contributed by atoms with van der Waals surface area (Å²) < 4.78 is 21.6. The minimum Gasteiger partial charge on any atom is -0.454 e. The monoisotopic (exact) mass is 520 g/mol. The van der Waals surface area contributed by atoms with Gasteiger partial charge in [-0.1, -0.05) is 62.3 Å². The summed E-state index contributed by atoms with van der Waals surface area (Å²) >= 11 is 12.9. The van der Waals surface area contributed by atoms with E-state index in [-0.39, 0.29) is 11.1 Å². The van der Waals surface area contributed by atoms with E-state index in [0.29, 0.717) is 21.5 Å². The second kappa shape index (κ2) is 11.6. The van der Waals surface area contributed by atoms with Crippen molar-refractivity contribution in [1.82, 2.24) is 0 Å². The predicted molar refractivity (Wildman–Crippen MR) is 137 cm³/mol. The molecule has 188 valence electrons. The van der Waals surface area contributed by atoms with Crippen LogP contribution in [-0.4, -0.2) is 24.5 Å². The van der Waals surface area contributed by atoms with E-state index in [0.717, 1.165) is 11.1 Å². The predicted octanol–water partition coefficient (Wildman–Crippen LogP) is 7.01. The highest BCUT2D eigenvalue weighted by atomic mass is 35.5. The van der Waals surface area contributed by atoms with E-state index in [9.17, 15) is 9.59 Å². The van der Waals surface area contributed by atoms with E-state index in [4.69, 9.17) is 42.1 Å². The molecule has 2 aromatic rings. The number of carbonyl (C=O) groups excluding carboxylic acids is 2. The quantitative estimate of drug-likeness (QED) is 0.190. The number of benzene rings is 2. The molecule has 0 bridgehead atoms. The molecular formula is C27H30Cl2O6. The number of ether oxygens (including phenoxy) is 4. The fraction of sp³-hybridized carbons (Fsp3) is 0.333. The highest BCUT2D eigenvalue weighted by molar-refractivity contribution is 6.32. The second-order valence-corrected chi connectivity index (χ2v) is 9.47. The van der Waals surface area contributed by atoms with Crippen LogP contribution in [0.2, 0.25) is 10.0 Å². The molecule has 0 aliphatic rings. The van der Waals surface area contributed by atoms with Crippen LogP contribution in [0.1, 0.15) is 52.7 Å².